The van der Waals surface area contributed by atoms with Gasteiger partial charge in [0.25, 0.3) is 0 Å². The molecule has 0 bridgehead atoms. The number of aliphatic hydroxyl groups excluding tert-OH is 2. The maximum Gasteiger partial charge on any atom is 0.245 e. The SMILES string of the molecule is Cc1ncsc1-c1ccc(CNC(=O)[C@@H]2[C@@H](O)[C@@H](O)CN2C(=O)[C@H](C(C)C)N2Cc3ccccc3C2)cc1. The van der Waals surface area contributed by atoms with Crippen molar-refractivity contribution in [3.8, 4) is 10.4 Å². The normalized spacial score (nSPS) is 22.1. The van der Waals surface area contributed by atoms with Crippen LogP contribution in [-0.2, 0) is 29.2 Å². The number of amides is 2. The minimum atomic E-state index is -1.35. The monoisotopic (exact) mass is 534 g/mol. The number of β-amino-alcohol motifs (C(OH)–C–C–N with tert-alkyl or cyclic N) is 1. The smallest absolute Gasteiger partial charge is 0.245 e. The van der Waals surface area contributed by atoms with Crippen LogP contribution < -0.4 is 5.32 Å². The van der Waals surface area contributed by atoms with Crippen LogP contribution in [0.4, 0.5) is 0 Å². The lowest BCUT2D eigenvalue weighted by Gasteiger charge is -2.35. The van der Waals surface area contributed by atoms with Crippen molar-refractivity contribution >= 4 is 23.2 Å². The molecule has 0 radical (unpaired) electrons. The number of aliphatic hydroxyl groups is 2. The number of carbonyl (C=O) groups is 2. The van der Waals surface area contributed by atoms with Crippen molar-refractivity contribution in [2.45, 2.75) is 64.7 Å². The summed E-state index contributed by atoms with van der Waals surface area (Å²) in [5.41, 5.74) is 7.14. The summed E-state index contributed by atoms with van der Waals surface area (Å²) in [6, 6.07) is 14.4. The van der Waals surface area contributed by atoms with Crippen LogP contribution in [0.1, 0.15) is 36.2 Å². The summed E-state index contributed by atoms with van der Waals surface area (Å²) < 4.78 is 0. The molecular formula is C29H34N4O4S. The van der Waals surface area contributed by atoms with Crippen molar-refractivity contribution < 1.29 is 19.8 Å². The Balaban J connectivity index is 1.28. The number of rotatable bonds is 7. The number of thiazole rings is 1. The van der Waals surface area contributed by atoms with Gasteiger partial charge < -0.3 is 20.4 Å². The topological polar surface area (TPSA) is 106 Å². The Kier molecular flexibility index (Phi) is 7.63. The maximum atomic E-state index is 13.9. The summed E-state index contributed by atoms with van der Waals surface area (Å²) in [4.78, 5) is 36.0. The fraction of sp³-hybridized carbons (Fsp3) is 0.414. The fourth-order valence-corrected chi connectivity index (χ4v) is 6.39. The molecule has 2 aliphatic heterocycles. The Labute approximate surface area is 226 Å². The molecule has 1 saturated heterocycles. The van der Waals surface area contributed by atoms with E-state index in [1.807, 2.05) is 62.7 Å². The second-order valence-electron chi connectivity index (χ2n) is 10.5. The molecule has 9 heteroatoms. The molecule has 8 nitrogen and oxygen atoms in total. The maximum absolute atomic E-state index is 13.9. The molecule has 2 aliphatic rings. The molecule has 200 valence electrons. The number of hydrogen-bond donors (Lipinski definition) is 3. The number of fused-ring (bicyclic) bond motifs is 1. The quantitative estimate of drug-likeness (QED) is 0.431. The lowest BCUT2D eigenvalue weighted by atomic mass is 10.00. The van der Waals surface area contributed by atoms with Crippen LogP contribution in [-0.4, -0.2) is 67.6 Å². The van der Waals surface area contributed by atoms with E-state index in [0.29, 0.717) is 13.1 Å². The van der Waals surface area contributed by atoms with E-state index in [1.54, 1.807) is 11.3 Å². The molecule has 3 heterocycles. The standard InChI is InChI=1S/C29H34N4O4S/c1-17(2)24(32-13-21-6-4-5-7-22(21)14-32)29(37)33-15-23(34)26(35)25(33)28(36)30-12-19-8-10-20(11-9-19)27-18(3)31-16-38-27/h4-11,16-17,23-26,34-35H,12-15H2,1-3H3,(H,30,36)/t23-,24-,25-,26-/m0/s1. The first kappa shape index (κ1) is 26.5. The Morgan fingerprint density at radius 2 is 1.74 bits per heavy atom. The highest BCUT2D eigenvalue weighted by Gasteiger charge is 2.49. The fourth-order valence-electron chi connectivity index (χ4n) is 5.58. The van der Waals surface area contributed by atoms with Crippen LogP contribution in [0.2, 0.25) is 0 Å². The average molecular weight is 535 g/mol. The molecular weight excluding hydrogens is 500 g/mol. The first-order chi connectivity index (χ1) is 18.2. The van der Waals surface area contributed by atoms with E-state index in [-0.39, 0.29) is 24.9 Å². The molecule has 0 spiro atoms. The van der Waals surface area contributed by atoms with Gasteiger partial charge in [0.2, 0.25) is 11.8 Å². The molecule has 1 aromatic heterocycles. The minimum Gasteiger partial charge on any atom is -0.388 e. The second kappa shape index (κ2) is 10.9. The van der Waals surface area contributed by atoms with E-state index in [9.17, 15) is 19.8 Å². The summed E-state index contributed by atoms with van der Waals surface area (Å²) in [5, 5.41) is 24.0. The Morgan fingerprint density at radius 3 is 2.32 bits per heavy atom. The molecule has 2 amide bonds. The molecule has 0 saturated carbocycles. The molecule has 0 aliphatic carbocycles. The first-order valence-electron chi connectivity index (χ1n) is 13.0. The predicted molar refractivity (Wildman–Crippen MR) is 146 cm³/mol. The summed E-state index contributed by atoms with van der Waals surface area (Å²) in [6.07, 6.45) is -2.53. The number of nitrogens with zero attached hydrogens (tertiary/aromatic N) is 3. The van der Waals surface area contributed by atoms with E-state index >= 15 is 0 Å². The number of carbonyl (C=O) groups excluding carboxylic acids is 2. The molecule has 2 aromatic carbocycles. The molecule has 4 atom stereocenters. The van der Waals surface area contributed by atoms with E-state index in [0.717, 1.165) is 21.7 Å². The summed E-state index contributed by atoms with van der Waals surface area (Å²) in [7, 11) is 0. The summed E-state index contributed by atoms with van der Waals surface area (Å²) in [5.74, 6) is -0.735. The van der Waals surface area contributed by atoms with Gasteiger partial charge in [-0.15, -0.1) is 11.3 Å². The van der Waals surface area contributed by atoms with Crippen molar-refractivity contribution in [1.82, 2.24) is 20.1 Å². The van der Waals surface area contributed by atoms with Gasteiger partial charge in [0, 0.05) is 19.6 Å². The summed E-state index contributed by atoms with van der Waals surface area (Å²) in [6.45, 7) is 7.42. The van der Waals surface area contributed by atoms with Crippen molar-refractivity contribution in [1.29, 1.82) is 0 Å². The lowest BCUT2D eigenvalue weighted by molar-refractivity contribution is -0.146. The van der Waals surface area contributed by atoms with Crippen LogP contribution in [0.25, 0.3) is 10.4 Å². The van der Waals surface area contributed by atoms with Crippen LogP contribution in [0.3, 0.4) is 0 Å². The van der Waals surface area contributed by atoms with Gasteiger partial charge >= 0.3 is 0 Å². The van der Waals surface area contributed by atoms with Gasteiger partial charge in [-0.05, 0) is 35.1 Å². The number of likely N-dealkylation sites (tertiary alicyclic amines) is 1. The van der Waals surface area contributed by atoms with Crippen LogP contribution >= 0.6 is 11.3 Å². The lowest BCUT2D eigenvalue weighted by Crippen LogP contribution is -2.56. The zero-order valence-corrected chi connectivity index (χ0v) is 22.7. The van der Waals surface area contributed by atoms with Gasteiger partial charge in [-0.3, -0.25) is 14.5 Å². The number of hydrogen-bond acceptors (Lipinski definition) is 7. The Hall–Kier alpha value is -3.11. The number of benzene rings is 2. The highest BCUT2D eigenvalue weighted by molar-refractivity contribution is 7.13. The van der Waals surface area contributed by atoms with Gasteiger partial charge in [-0.25, -0.2) is 4.98 Å². The van der Waals surface area contributed by atoms with Gasteiger partial charge in [0.15, 0.2) is 0 Å². The minimum absolute atomic E-state index is 0.0175. The third-order valence-corrected chi connectivity index (χ3v) is 8.54. The van der Waals surface area contributed by atoms with Crippen LogP contribution in [0.5, 0.6) is 0 Å². The van der Waals surface area contributed by atoms with Crippen molar-refractivity contribution in [3.05, 3.63) is 76.4 Å². The molecule has 38 heavy (non-hydrogen) atoms. The van der Waals surface area contributed by atoms with Crippen molar-refractivity contribution in [2.24, 2.45) is 5.92 Å². The number of aryl methyl sites for hydroxylation is 1. The van der Waals surface area contributed by atoms with Crippen molar-refractivity contribution in [3.63, 3.8) is 0 Å². The molecule has 0 unspecified atom stereocenters. The second-order valence-corrected chi connectivity index (χ2v) is 11.4. The highest BCUT2D eigenvalue weighted by Crippen LogP contribution is 2.30. The van der Waals surface area contributed by atoms with Gasteiger partial charge in [-0.2, -0.15) is 0 Å². The van der Waals surface area contributed by atoms with Crippen LogP contribution in [0.15, 0.2) is 54.0 Å². The van der Waals surface area contributed by atoms with E-state index in [1.165, 1.54) is 16.0 Å². The highest BCUT2D eigenvalue weighted by atomic mass is 32.1. The molecule has 3 N–H and O–H groups in total. The molecule has 5 rings (SSSR count). The van der Waals surface area contributed by atoms with Gasteiger partial charge in [0.1, 0.15) is 12.1 Å². The third-order valence-electron chi connectivity index (χ3n) is 7.56. The predicted octanol–water partition coefficient (Wildman–Crippen LogP) is 2.71. The van der Waals surface area contributed by atoms with E-state index in [4.69, 9.17) is 0 Å². The molecule has 3 aromatic rings. The van der Waals surface area contributed by atoms with Gasteiger partial charge in [0.05, 0.1) is 34.8 Å². The zero-order chi connectivity index (χ0) is 27.0. The van der Waals surface area contributed by atoms with Crippen LogP contribution in [0, 0.1) is 12.8 Å². The Bertz CT molecular complexity index is 1280. The third kappa shape index (κ3) is 5.11. The number of aromatic nitrogens is 1. The van der Waals surface area contributed by atoms with Crippen molar-refractivity contribution in [2.75, 3.05) is 6.54 Å². The van der Waals surface area contributed by atoms with E-state index < -0.39 is 30.2 Å². The largest absolute Gasteiger partial charge is 0.388 e. The van der Waals surface area contributed by atoms with Gasteiger partial charge in [-0.1, -0.05) is 62.4 Å². The first-order valence-corrected chi connectivity index (χ1v) is 13.9. The average Bonchev–Trinajstić information content (AvgIpc) is 3.60. The van der Waals surface area contributed by atoms with E-state index in [2.05, 4.69) is 27.3 Å². The number of nitrogens with one attached hydrogen (secondary N) is 1. The zero-order valence-electron chi connectivity index (χ0n) is 21.9. The Morgan fingerprint density at radius 1 is 1.08 bits per heavy atom. The molecule has 1 fully saturated rings. The summed E-state index contributed by atoms with van der Waals surface area (Å²) >= 11 is 1.58.